The standard InChI is InChI=1S/C25H30N2O4S/c1-3-18-8-13-24-23(15-18)19(17-31-24)16-25(28)26-20-9-11-22(12-10-20)32(29,30)27-14-6-5-7-21(27)4-2/h8-13,15,17,21H,3-7,14,16H2,1-2H3,(H,26,28). The Morgan fingerprint density at radius 3 is 2.62 bits per heavy atom. The number of amides is 1. The molecular formula is C25H30N2O4S. The molecule has 4 rings (SSSR count). The number of nitrogens with one attached hydrogen (secondary N) is 1. The third-order valence-corrected chi connectivity index (χ3v) is 8.23. The van der Waals surface area contributed by atoms with E-state index in [-0.39, 0.29) is 23.3 Å². The second-order valence-electron chi connectivity index (χ2n) is 8.37. The number of fused-ring (bicyclic) bond motifs is 1. The van der Waals surface area contributed by atoms with E-state index in [2.05, 4.69) is 18.3 Å². The molecule has 0 radical (unpaired) electrons. The van der Waals surface area contributed by atoms with Gasteiger partial charge in [0.15, 0.2) is 0 Å². The molecule has 2 heterocycles. The number of hydrogen-bond donors (Lipinski definition) is 1. The average molecular weight is 455 g/mol. The van der Waals surface area contributed by atoms with Crippen LogP contribution in [0.25, 0.3) is 11.0 Å². The van der Waals surface area contributed by atoms with Gasteiger partial charge >= 0.3 is 0 Å². The van der Waals surface area contributed by atoms with E-state index in [0.29, 0.717) is 12.2 Å². The molecule has 0 spiro atoms. The smallest absolute Gasteiger partial charge is 0.243 e. The predicted molar refractivity (Wildman–Crippen MR) is 126 cm³/mol. The van der Waals surface area contributed by atoms with E-state index in [1.165, 1.54) is 5.56 Å². The van der Waals surface area contributed by atoms with Gasteiger partial charge in [0.1, 0.15) is 5.58 Å². The van der Waals surface area contributed by atoms with Gasteiger partial charge in [-0.2, -0.15) is 4.31 Å². The molecule has 1 amide bonds. The van der Waals surface area contributed by atoms with Gasteiger partial charge in [-0.05, 0) is 67.6 Å². The normalized spacial score (nSPS) is 17.5. The summed E-state index contributed by atoms with van der Waals surface area (Å²) in [4.78, 5) is 12.9. The number of anilines is 1. The highest BCUT2D eigenvalue weighted by molar-refractivity contribution is 7.89. The molecule has 1 N–H and O–H groups in total. The lowest BCUT2D eigenvalue weighted by molar-refractivity contribution is -0.115. The Hall–Kier alpha value is -2.64. The number of rotatable bonds is 7. The van der Waals surface area contributed by atoms with Crippen molar-refractivity contribution in [2.75, 3.05) is 11.9 Å². The van der Waals surface area contributed by atoms with E-state index in [4.69, 9.17) is 4.42 Å². The number of sulfonamides is 1. The number of nitrogens with zero attached hydrogens (tertiary/aromatic N) is 1. The molecule has 1 aromatic heterocycles. The molecule has 3 aromatic rings. The molecule has 1 aliphatic rings. The van der Waals surface area contributed by atoms with Crippen molar-refractivity contribution in [2.24, 2.45) is 0 Å². The first-order chi connectivity index (χ1) is 15.4. The van der Waals surface area contributed by atoms with Gasteiger partial charge < -0.3 is 9.73 Å². The minimum atomic E-state index is -3.53. The topological polar surface area (TPSA) is 79.6 Å². The molecule has 7 heteroatoms. The first-order valence-corrected chi connectivity index (χ1v) is 12.8. The number of hydrogen-bond acceptors (Lipinski definition) is 4. The van der Waals surface area contributed by atoms with E-state index in [9.17, 15) is 13.2 Å². The fourth-order valence-corrected chi connectivity index (χ4v) is 6.18. The number of piperidine rings is 1. The maximum Gasteiger partial charge on any atom is 0.243 e. The predicted octanol–water partition coefficient (Wildman–Crippen LogP) is 5.13. The highest BCUT2D eigenvalue weighted by Crippen LogP contribution is 2.28. The van der Waals surface area contributed by atoms with Gasteiger partial charge in [-0.3, -0.25) is 4.79 Å². The maximum atomic E-state index is 13.1. The number of benzene rings is 2. The molecule has 1 unspecified atom stereocenters. The van der Waals surface area contributed by atoms with Crippen molar-refractivity contribution in [3.63, 3.8) is 0 Å². The van der Waals surface area contributed by atoms with E-state index >= 15 is 0 Å². The first kappa shape index (κ1) is 22.6. The van der Waals surface area contributed by atoms with Gasteiger partial charge in [-0.1, -0.05) is 26.3 Å². The van der Waals surface area contributed by atoms with Crippen molar-refractivity contribution in [1.29, 1.82) is 0 Å². The molecule has 1 atom stereocenters. The fraction of sp³-hybridized carbons (Fsp3) is 0.400. The lowest BCUT2D eigenvalue weighted by Crippen LogP contribution is -2.43. The van der Waals surface area contributed by atoms with Crippen LogP contribution < -0.4 is 5.32 Å². The molecule has 0 aliphatic carbocycles. The van der Waals surface area contributed by atoms with Gasteiger partial charge in [0.2, 0.25) is 15.9 Å². The van der Waals surface area contributed by atoms with Crippen LogP contribution in [0.5, 0.6) is 0 Å². The second kappa shape index (κ2) is 9.46. The summed E-state index contributed by atoms with van der Waals surface area (Å²) in [5, 5.41) is 3.81. The monoisotopic (exact) mass is 454 g/mol. The lowest BCUT2D eigenvalue weighted by Gasteiger charge is -2.34. The number of carbonyl (C=O) groups is 1. The van der Waals surface area contributed by atoms with Gasteiger partial charge in [0.05, 0.1) is 17.6 Å². The third kappa shape index (κ3) is 4.59. The van der Waals surface area contributed by atoms with E-state index in [1.807, 2.05) is 19.1 Å². The van der Waals surface area contributed by atoms with Crippen molar-refractivity contribution in [1.82, 2.24) is 4.31 Å². The van der Waals surface area contributed by atoms with Crippen LogP contribution in [0.2, 0.25) is 0 Å². The SMILES string of the molecule is CCc1ccc2occ(CC(=O)Nc3ccc(S(=O)(=O)N4CCCCC4CC)cc3)c2c1. The summed E-state index contributed by atoms with van der Waals surface area (Å²) in [6.07, 6.45) is 6.42. The minimum absolute atomic E-state index is 0.0612. The fourth-order valence-electron chi connectivity index (χ4n) is 4.41. The van der Waals surface area contributed by atoms with Crippen molar-refractivity contribution in [3.05, 3.63) is 59.9 Å². The van der Waals surface area contributed by atoms with Crippen LogP contribution >= 0.6 is 0 Å². The van der Waals surface area contributed by atoms with E-state index < -0.39 is 10.0 Å². The number of carbonyl (C=O) groups excluding carboxylic acids is 1. The zero-order valence-electron chi connectivity index (χ0n) is 18.6. The van der Waals surface area contributed by atoms with Gasteiger partial charge in [-0.25, -0.2) is 8.42 Å². The average Bonchev–Trinajstić information content (AvgIpc) is 3.21. The zero-order chi connectivity index (χ0) is 22.7. The Labute approximate surface area is 189 Å². The second-order valence-corrected chi connectivity index (χ2v) is 10.3. The summed E-state index contributed by atoms with van der Waals surface area (Å²) in [6.45, 7) is 4.69. The van der Waals surface area contributed by atoms with Crippen LogP contribution in [0.15, 0.2) is 58.0 Å². The number of aryl methyl sites for hydroxylation is 1. The van der Waals surface area contributed by atoms with Crippen LogP contribution in [0.3, 0.4) is 0 Å². The third-order valence-electron chi connectivity index (χ3n) is 6.27. The van der Waals surface area contributed by atoms with Crippen molar-refractivity contribution in [3.8, 4) is 0 Å². The van der Waals surface area contributed by atoms with Crippen molar-refractivity contribution < 1.29 is 17.6 Å². The summed E-state index contributed by atoms with van der Waals surface area (Å²) in [5.74, 6) is -0.174. The van der Waals surface area contributed by atoms with Gasteiger partial charge in [-0.15, -0.1) is 0 Å². The molecular weight excluding hydrogens is 424 g/mol. The Morgan fingerprint density at radius 1 is 1.12 bits per heavy atom. The zero-order valence-corrected chi connectivity index (χ0v) is 19.5. The van der Waals surface area contributed by atoms with Crippen LogP contribution in [0, 0.1) is 0 Å². The molecule has 170 valence electrons. The quantitative estimate of drug-likeness (QED) is 0.537. The summed E-state index contributed by atoms with van der Waals surface area (Å²) in [7, 11) is -3.53. The minimum Gasteiger partial charge on any atom is -0.464 e. The number of furan rings is 1. The Morgan fingerprint density at radius 2 is 1.91 bits per heavy atom. The molecule has 2 aromatic carbocycles. The molecule has 1 saturated heterocycles. The molecule has 1 fully saturated rings. The molecule has 1 aliphatic heterocycles. The highest BCUT2D eigenvalue weighted by Gasteiger charge is 2.32. The summed E-state index contributed by atoms with van der Waals surface area (Å²) in [5.41, 5.74) is 3.36. The van der Waals surface area contributed by atoms with Gasteiger partial charge in [0, 0.05) is 29.2 Å². The largest absolute Gasteiger partial charge is 0.464 e. The van der Waals surface area contributed by atoms with Crippen LogP contribution in [0.4, 0.5) is 5.69 Å². The maximum absolute atomic E-state index is 13.1. The molecule has 32 heavy (non-hydrogen) atoms. The summed E-state index contributed by atoms with van der Waals surface area (Å²) in [6, 6.07) is 12.5. The van der Waals surface area contributed by atoms with E-state index in [0.717, 1.165) is 48.6 Å². The van der Waals surface area contributed by atoms with Gasteiger partial charge in [0.25, 0.3) is 0 Å². The van der Waals surface area contributed by atoms with Crippen LogP contribution in [-0.4, -0.2) is 31.2 Å². The molecule has 0 bridgehead atoms. The summed E-state index contributed by atoms with van der Waals surface area (Å²) >= 11 is 0. The molecule has 0 saturated carbocycles. The summed E-state index contributed by atoms with van der Waals surface area (Å²) < 4.78 is 33.4. The van der Waals surface area contributed by atoms with Crippen LogP contribution in [-0.2, 0) is 27.7 Å². The van der Waals surface area contributed by atoms with Crippen molar-refractivity contribution in [2.45, 2.75) is 63.3 Å². The lowest BCUT2D eigenvalue weighted by atomic mass is 10.0. The Kier molecular flexibility index (Phi) is 6.67. The Bertz CT molecular complexity index is 1200. The molecule has 6 nitrogen and oxygen atoms in total. The van der Waals surface area contributed by atoms with Crippen molar-refractivity contribution >= 4 is 32.6 Å². The van der Waals surface area contributed by atoms with E-state index in [1.54, 1.807) is 34.8 Å². The first-order valence-electron chi connectivity index (χ1n) is 11.3. The Balaban J connectivity index is 1.45. The van der Waals surface area contributed by atoms with Crippen LogP contribution in [0.1, 0.15) is 50.7 Å². The highest BCUT2D eigenvalue weighted by atomic mass is 32.2.